The maximum absolute atomic E-state index is 12.2. The Balaban J connectivity index is 3.04. The molecule has 5 heteroatoms. The number of nitrogens with one attached hydrogen (secondary N) is 1. The molecule has 3 nitrogen and oxygen atoms in total. The normalized spacial score (nSPS) is 13.3. The topological polar surface area (TPSA) is 46.2 Å². The van der Waals surface area contributed by atoms with Gasteiger partial charge in [-0.1, -0.05) is 13.8 Å². The van der Waals surface area contributed by atoms with Gasteiger partial charge in [0.25, 0.3) is 10.0 Å². The molecule has 1 aromatic rings. The first-order valence-electron chi connectivity index (χ1n) is 5.72. The van der Waals surface area contributed by atoms with Crippen LogP contribution in [0.2, 0.25) is 0 Å². The minimum Gasteiger partial charge on any atom is -0.206 e. The Hall–Kier alpha value is -0.390. The van der Waals surface area contributed by atoms with E-state index in [2.05, 4.69) is 18.6 Å². The minimum atomic E-state index is -3.38. The van der Waals surface area contributed by atoms with Crippen LogP contribution in [0, 0.1) is 5.92 Å². The predicted octanol–water partition coefficient (Wildman–Crippen LogP) is 3.02. The first kappa shape index (κ1) is 14.7. The molecule has 0 saturated heterocycles. The average Bonchev–Trinajstić information content (AvgIpc) is 2.46. The van der Waals surface area contributed by atoms with Crippen LogP contribution in [0.25, 0.3) is 0 Å². The van der Waals surface area contributed by atoms with Crippen molar-refractivity contribution in [3.8, 4) is 0 Å². The zero-order valence-corrected chi connectivity index (χ0v) is 12.7. The summed E-state index contributed by atoms with van der Waals surface area (Å²) in [6.07, 6.45) is 0.796. The van der Waals surface area contributed by atoms with Gasteiger partial charge in [0.1, 0.15) is 4.21 Å². The fourth-order valence-corrected chi connectivity index (χ4v) is 4.45. The van der Waals surface area contributed by atoms with Gasteiger partial charge >= 0.3 is 0 Å². The van der Waals surface area contributed by atoms with Crippen LogP contribution in [0.5, 0.6) is 0 Å². The molecule has 0 bridgehead atoms. The summed E-state index contributed by atoms with van der Waals surface area (Å²) in [5.41, 5.74) is 0.472. The maximum atomic E-state index is 12.2. The maximum Gasteiger partial charge on any atom is 0.250 e. The summed E-state index contributed by atoms with van der Waals surface area (Å²) in [5, 5.41) is 1.84. The molecule has 1 aromatic heterocycles. The third-order valence-electron chi connectivity index (χ3n) is 2.02. The monoisotopic (exact) mass is 275 g/mol. The molecule has 98 valence electrons. The van der Waals surface area contributed by atoms with Crippen LogP contribution in [0.4, 0.5) is 0 Å². The molecule has 0 aromatic carbocycles. The Bertz CT molecular complexity index is 467. The first-order valence-corrected chi connectivity index (χ1v) is 8.08. The molecule has 0 spiro atoms. The molecule has 0 atom stereocenters. The largest absolute Gasteiger partial charge is 0.250 e. The van der Waals surface area contributed by atoms with Crippen molar-refractivity contribution in [3.63, 3.8) is 0 Å². The van der Waals surface area contributed by atoms with Crippen molar-refractivity contribution in [2.45, 2.75) is 50.8 Å². The summed E-state index contributed by atoms with van der Waals surface area (Å²) < 4.78 is 27.6. The van der Waals surface area contributed by atoms with Gasteiger partial charge in [0, 0.05) is 5.54 Å². The van der Waals surface area contributed by atoms with Crippen molar-refractivity contribution < 1.29 is 8.42 Å². The molecule has 0 radical (unpaired) electrons. The highest BCUT2D eigenvalue weighted by atomic mass is 32.2. The smallest absolute Gasteiger partial charge is 0.206 e. The number of sulfonamides is 1. The summed E-state index contributed by atoms with van der Waals surface area (Å²) in [6.45, 7) is 9.72. The van der Waals surface area contributed by atoms with E-state index in [0.717, 1.165) is 12.0 Å². The van der Waals surface area contributed by atoms with Gasteiger partial charge in [-0.25, -0.2) is 13.1 Å². The molecule has 0 aliphatic rings. The number of rotatable bonds is 4. The highest BCUT2D eigenvalue weighted by Crippen LogP contribution is 2.26. The summed E-state index contributed by atoms with van der Waals surface area (Å²) >= 11 is 1.29. The Kier molecular flexibility index (Phi) is 4.38. The van der Waals surface area contributed by atoms with E-state index in [9.17, 15) is 8.42 Å². The van der Waals surface area contributed by atoms with Gasteiger partial charge in [0.05, 0.1) is 0 Å². The van der Waals surface area contributed by atoms with E-state index < -0.39 is 15.6 Å². The van der Waals surface area contributed by atoms with Gasteiger partial charge in [-0.15, -0.1) is 11.3 Å². The van der Waals surface area contributed by atoms with E-state index >= 15 is 0 Å². The molecular weight excluding hydrogens is 254 g/mol. The second-order valence-corrected chi connectivity index (χ2v) is 8.48. The predicted molar refractivity (Wildman–Crippen MR) is 72.9 cm³/mol. The van der Waals surface area contributed by atoms with Crippen LogP contribution in [0.1, 0.15) is 40.2 Å². The van der Waals surface area contributed by atoms with E-state index in [1.807, 2.05) is 32.2 Å². The number of hydrogen-bond donors (Lipinski definition) is 1. The van der Waals surface area contributed by atoms with Crippen LogP contribution in [-0.2, 0) is 16.4 Å². The van der Waals surface area contributed by atoms with E-state index in [1.54, 1.807) is 0 Å². The number of hydrogen-bond acceptors (Lipinski definition) is 3. The highest BCUT2D eigenvalue weighted by molar-refractivity contribution is 7.91. The quantitative estimate of drug-likeness (QED) is 0.918. The molecule has 0 amide bonds. The van der Waals surface area contributed by atoms with Crippen LogP contribution >= 0.6 is 11.3 Å². The van der Waals surface area contributed by atoms with Crippen LogP contribution in [-0.4, -0.2) is 14.0 Å². The van der Waals surface area contributed by atoms with Crippen molar-refractivity contribution in [1.82, 2.24) is 4.72 Å². The fraction of sp³-hybridized carbons (Fsp3) is 0.667. The second kappa shape index (κ2) is 5.08. The molecule has 1 rings (SSSR count). The van der Waals surface area contributed by atoms with E-state index in [1.165, 1.54) is 11.3 Å². The average molecular weight is 275 g/mol. The van der Waals surface area contributed by atoms with Crippen molar-refractivity contribution in [3.05, 3.63) is 17.0 Å². The zero-order valence-electron chi connectivity index (χ0n) is 11.1. The second-order valence-electron chi connectivity index (χ2n) is 5.69. The number of thiophene rings is 1. The van der Waals surface area contributed by atoms with Gasteiger partial charge in [0.15, 0.2) is 0 Å². The molecule has 0 aliphatic heterocycles. The Morgan fingerprint density at radius 3 is 2.41 bits per heavy atom. The van der Waals surface area contributed by atoms with Crippen LogP contribution in [0.3, 0.4) is 0 Å². The lowest BCUT2D eigenvalue weighted by molar-refractivity contribution is 0.492. The summed E-state index contributed by atoms with van der Waals surface area (Å²) in [4.78, 5) is 0. The third-order valence-corrected chi connectivity index (χ3v) is 5.35. The summed E-state index contributed by atoms with van der Waals surface area (Å²) in [6, 6.07) is 1.90. The van der Waals surface area contributed by atoms with E-state index in [4.69, 9.17) is 0 Å². The standard InChI is InChI=1S/C12H21NO2S2/c1-9(2)8-10-6-7-16-11(10)17(14,15)13-12(3,4)5/h6-7,9,13H,8H2,1-5H3. The van der Waals surface area contributed by atoms with E-state index in [0.29, 0.717) is 10.1 Å². The lowest BCUT2D eigenvalue weighted by atomic mass is 10.1. The lowest BCUT2D eigenvalue weighted by Crippen LogP contribution is -2.40. The molecule has 0 fully saturated rings. The third kappa shape index (κ3) is 4.41. The van der Waals surface area contributed by atoms with Gasteiger partial charge < -0.3 is 0 Å². The van der Waals surface area contributed by atoms with Crippen LogP contribution in [0.15, 0.2) is 15.7 Å². The molecule has 0 unspecified atom stereocenters. The van der Waals surface area contributed by atoms with Crippen molar-refractivity contribution in [2.24, 2.45) is 5.92 Å². The molecule has 0 aliphatic carbocycles. The van der Waals surface area contributed by atoms with Gasteiger partial charge in [-0.05, 0) is 50.1 Å². The zero-order chi connectivity index (χ0) is 13.3. The molecule has 17 heavy (non-hydrogen) atoms. The molecule has 0 saturated carbocycles. The Morgan fingerprint density at radius 1 is 1.35 bits per heavy atom. The highest BCUT2D eigenvalue weighted by Gasteiger charge is 2.25. The Morgan fingerprint density at radius 2 is 1.94 bits per heavy atom. The van der Waals surface area contributed by atoms with Crippen molar-refractivity contribution in [2.75, 3.05) is 0 Å². The van der Waals surface area contributed by atoms with Gasteiger partial charge in [-0.2, -0.15) is 0 Å². The lowest BCUT2D eigenvalue weighted by Gasteiger charge is -2.20. The van der Waals surface area contributed by atoms with Crippen LogP contribution < -0.4 is 4.72 Å². The molecule has 1 heterocycles. The van der Waals surface area contributed by atoms with E-state index in [-0.39, 0.29) is 0 Å². The van der Waals surface area contributed by atoms with Gasteiger partial charge in [-0.3, -0.25) is 0 Å². The minimum absolute atomic E-state index is 0.447. The van der Waals surface area contributed by atoms with Crippen molar-refractivity contribution in [1.29, 1.82) is 0 Å². The summed E-state index contributed by atoms with van der Waals surface area (Å²) in [5.74, 6) is 0.452. The SMILES string of the molecule is CC(C)Cc1ccsc1S(=O)(=O)NC(C)(C)C. The first-order chi connectivity index (χ1) is 7.62. The summed E-state index contributed by atoms with van der Waals surface area (Å²) in [7, 11) is -3.38. The molecule has 1 N–H and O–H groups in total. The molecular formula is C12H21NO2S2. The van der Waals surface area contributed by atoms with Gasteiger partial charge in [0.2, 0.25) is 0 Å². The van der Waals surface area contributed by atoms with Crippen molar-refractivity contribution >= 4 is 21.4 Å². The fourth-order valence-electron chi connectivity index (χ4n) is 1.60. The Labute approximate surface area is 108 Å².